The Balaban J connectivity index is 3.03. The maximum atomic E-state index is 13.2. The molecule has 25 heavy (non-hydrogen) atoms. The van der Waals surface area contributed by atoms with Crippen molar-refractivity contribution in [1.82, 2.24) is 0 Å². The van der Waals surface area contributed by atoms with Crippen LogP contribution in [0.1, 0.15) is 25.3 Å². The largest absolute Gasteiger partial charge is 0.435 e. The third-order valence-electron chi connectivity index (χ3n) is 3.03. The first-order valence-electron chi connectivity index (χ1n) is 7.41. The van der Waals surface area contributed by atoms with Gasteiger partial charge in [-0.3, -0.25) is 13.6 Å². The van der Waals surface area contributed by atoms with Crippen LogP contribution in [0.15, 0.2) is 49.6 Å². The summed E-state index contributed by atoms with van der Waals surface area (Å²) in [6, 6.07) is 6.83. The molecule has 0 aliphatic heterocycles. The van der Waals surface area contributed by atoms with E-state index in [9.17, 15) is 14.2 Å². The van der Waals surface area contributed by atoms with Crippen molar-refractivity contribution >= 4 is 24.8 Å². The molecule has 0 saturated carbocycles. The maximum absolute atomic E-state index is 13.2. The van der Waals surface area contributed by atoms with Crippen molar-refractivity contribution < 1.29 is 32.7 Å². The standard InChI is InChI=1S/C17H21O7P/c1-5-16(18)21-11-23-25(20,24-12-22-17(19)6-2)15-10-8-7-9-14(15)13(3)4/h5-10,13H,1-2,11-12H2,3-4H3. The van der Waals surface area contributed by atoms with E-state index in [2.05, 4.69) is 13.2 Å². The molecular formula is C17H21O7P. The summed E-state index contributed by atoms with van der Waals surface area (Å²) in [7, 11) is -3.92. The zero-order valence-electron chi connectivity index (χ0n) is 14.2. The fourth-order valence-corrected chi connectivity index (χ4v) is 3.48. The van der Waals surface area contributed by atoms with Gasteiger partial charge in [-0.1, -0.05) is 45.2 Å². The molecule has 0 heterocycles. The van der Waals surface area contributed by atoms with Gasteiger partial charge in [0.2, 0.25) is 13.6 Å². The summed E-state index contributed by atoms with van der Waals surface area (Å²) < 4.78 is 33.0. The number of hydrogen-bond donors (Lipinski definition) is 0. The highest BCUT2D eigenvalue weighted by Gasteiger charge is 2.32. The van der Waals surface area contributed by atoms with Crippen molar-refractivity contribution in [2.75, 3.05) is 13.6 Å². The fourth-order valence-electron chi connectivity index (χ4n) is 1.83. The van der Waals surface area contributed by atoms with Crippen LogP contribution in [-0.4, -0.2) is 25.5 Å². The molecule has 0 aliphatic carbocycles. The molecule has 1 aromatic carbocycles. The quantitative estimate of drug-likeness (QED) is 0.271. The highest BCUT2D eigenvalue weighted by atomic mass is 31.2. The molecule has 0 atom stereocenters. The monoisotopic (exact) mass is 368 g/mol. The Labute approximate surface area is 146 Å². The molecule has 0 aromatic heterocycles. The Morgan fingerprint density at radius 3 is 1.96 bits per heavy atom. The molecule has 0 unspecified atom stereocenters. The third kappa shape index (κ3) is 6.31. The minimum atomic E-state index is -3.92. The molecule has 0 N–H and O–H groups in total. The van der Waals surface area contributed by atoms with Crippen LogP contribution in [0.4, 0.5) is 0 Å². The Morgan fingerprint density at radius 2 is 1.52 bits per heavy atom. The first-order chi connectivity index (χ1) is 11.8. The lowest BCUT2D eigenvalue weighted by atomic mass is 10.0. The molecule has 0 radical (unpaired) electrons. The van der Waals surface area contributed by atoms with E-state index >= 15 is 0 Å². The van der Waals surface area contributed by atoms with Gasteiger partial charge in [-0.25, -0.2) is 9.59 Å². The normalized spacial score (nSPS) is 11.0. The lowest BCUT2D eigenvalue weighted by Gasteiger charge is -2.22. The second-order valence-electron chi connectivity index (χ2n) is 5.04. The number of carbonyl (C=O) groups excluding carboxylic acids is 2. The van der Waals surface area contributed by atoms with Gasteiger partial charge in [0.05, 0.1) is 5.30 Å². The summed E-state index contributed by atoms with van der Waals surface area (Å²) >= 11 is 0. The van der Waals surface area contributed by atoms with Gasteiger partial charge in [0.15, 0.2) is 0 Å². The van der Waals surface area contributed by atoms with Crippen molar-refractivity contribution in [3.8, 4) is 0 Å². The third-order valence-corrected chi connectivity index (χ3v) is 4.92. The van der Waals surface area contributed by atoms with Crippen LogP contribution in [-0.2, 0) is 32.7 Å². The van der Waals surface area contributed by atoms with Gasteiger partial charge < -0.3 is 9.47 Å². The van der Waals surface area contributed by atoms with E-state index in [-0.39, 0.29) is 5.92 Å². The predicted octanol–water partition coefficient (Wildman–Crippen LogP) is 3.04. The van der Waals surface area contributed by atoms with Gasteiger partial charge in [0.25, 0.3) is 0 Å². The minimum Gasteiger partial charge on any atom is -0.435 e. The molecule has 0 saturated heterocycles. The lowest BCUT2D eigenvalue weighted by molar-refractivity contribution is -0.145. The van der Waals surface area contributed by atoms with E-state index < -0.39 is 33.1 Å². The van der Waals surface area contributed by atoms with Gasteiger partial charge >= 0.3 is 19.5 Å². The number of hydrogen-bond acceptors (Lipinski definition) is 7. The van der Waals surface area contributed by atoms with E-state index in [0.717, 1.165) is 17.7 Å². The summed E-state index contributed by atoms with van der Waals surface area (Å²) in [5, 5.41) is 0.300. The molecule has 0 spiro atoms. The lowest BCUT2D eigenvalue weighted by Crippen LogP contribution is -2.19. The van der Waals surface area contributed by atoms with E-state index in [0.29, 0.717) is 5.30 Å². The van der Waals surface area contributed by atoms with Crippen LogP contribution in [0.3, 0.4) is 0 Å². The van der Waals surface area contributed by atoms with E-state index in [1.165, 1.54) is 0 Å². The zero-order chi connectivity index (χ0) is 18.9. The highest BCUT2D eigenvalue weighted by molar-refractivity contribution is 7.62. The molecule has 0 aliphatic rings. The van der Waals surface area contributed by atoms with Crippen molar-refractivity contribution in [2.24, 2.45) is 0 Å². The van der Waals surface area contributed by atoms with Gasteiger partial charge in [-0.2, -0.15) is 0 Å². The van der Waals surface area contributed by atoms with Gasteiger partial charge in [0.1, 0.15) is 0 Å². The summed E-state index contributed by atoms with van der Waals surface area (Å²) in [6.07, 6.45) is 1.89. The van der Waals surface area contributed by atoms with E-state index in [4.69, 9.17) is 18.5 Å². The topological polar surface area (TPSA) is 88.1 Å². The fraction of sp³-hybridized carbons (Fsp3) is 0.294. The molecule has 0 amide bonds. The van der Waals surface area contributed by atoms with Crippen LogP contribution >= 0.6 is 7.60 Å². The SMILES string of the molecule is C=CC(=O)OCOP(=O)(OCOC(=O)C=C)c1ccccc1C(C)C. The smallest absolute Gasteiger partial charge is 0.367 e. The predicted molar refractivity (Wildman–Crippen MR) is 92.3 cm³/mol. The summed E-state index contributed by atoms with van der Waals surface area (Å²) in [6.45, 7) is 9.12. The summed E-state index contributed by atoms with van der Waals surface area (Å²) in [5.74, 6) is -1.44. The van der Waals surface area contributed by atoms with Crippen molar-refractivity contribution in [3.05, 3.63) is 55.1 Å². The zero-order valence-corrected chi connectivity index (χ0v) is 15.1. The van der Waals surface area contributed by atoms with Crippen LogP contribution in [0.2, 0.25) is 0 Å². The molecule has 1 rings (SSSR count). The molecule has 0 fully saturated rings. The second-order valence-corrected chi connectivity index (χ2v) is 7.03. The van der Waals surface area contributed by atoms with E-state index in [1.54, 1.807) is 24.3 Å². The summed E-state index contributed by atoms with van der Waals surface area (Å²) in [5.41, 5.74) is 0.732. The Morgan fingerprint density at radius 1 is 1.04 bits per heavy atom. The van der Waals surface area contributed by atoms with E-state index in [1.807, 2.05) is 13.8 Å². The number of benzene rings is 1. The first kappa shape index (κ1) is 20.8. The van der Waals surface area contributed by atoms with Crippen molar-refractivity contribution in [1.29, 1.82) is 0 Å². The number of carbonyl (C=O) groups is 2. The molecule has 7 nitrogen and oxygen atoms in total. The van der Waals surface area contributed by atoms with Crippen LogP contribution in [0.5, 0.6) is 0 Å². The first-order valence-corrected chi connectivity index (χ1v) is 8.95. The molecule has 1 aromatic rings. The maximum Gasteiger partial charge on any atom is 0.367 e. The van der Waals surface area contributed by atoms with Crippen molar-refractivity contribution in [3.63, 3.8) is 0 Å². The van der Waals surface area contributed by atoms with Gasteiger partial charge in [0, 0.05) is 12.2 Å². The number of rotatable bonds is 10. The highest BCUT2D eigenvalue weighted by Crippen LogP contribution is 2.48. The Kier molecular flexibility index (Phi) is 8.28. The number of ether oxygens (including phenoxy) is 2. The molecular weight excluding hydrogens is 347 g/mol. The summed E-state index contributed by atoms with van der Waals surface area (Å²) in [4.78, 5) is 22.2. The molecule has 8 heteroatoms. The second kappa shape index (κ2) is 9.93. The Hall–Kier alpha value is -2.21. The minimum absolute atomic E-state index is 0.0307. The van der Waals surface area contributed by atoms with Crippen LogP contribution in [0.25, 0.3) is 0 Å². The average Bonchev–Trinajstić information content (AvgIpc) is 2.61. The van der Waals surface area contributed by atoms with Crippen molar-refractivity contribution in [2.45, 2.75) is 19.8 Å². The molecule has 0 bridgehead atoms. The average molecular weight is 368 g/mol. The Bertz CT molecular complexity index is 651. The van der Waals surface area contributed by atoms with Gasteiger partial charge in [-0.05, 0) is 17.5 Å². The molecule has 136 valence electrons. The number of esters is 2. The van der Waals surface area contributed by atoms with Gasteiger partial charge in [-0.15, -0.1) is 0 Å². The van der Waals surface area contributed by atoms with Crippen LogP contribution in [0, 0.1) is 0 Å². The van der Waals surface area contributed by atoms with Crippen LogP contribution < -0.4 is 5.30 Å².